The normalized spacial score (nSPS) is 10.5. The molecule has 0 fully saturated rings. The van der Waals surface area contributed by atoms with Crippen LogP contribution in [0, 0.1) is 6.07 Å². The number of anilines is 2. The van der Waals surface area contributed by atoms with Crippen molar-refractivity contribution in [2.24, 2.45) is 5.84 Å². The highest BCUT2D eigenvalue weighted by molar-refractivity contribution is 6.01. The van der Waals surface area contributed by atoms with Crippen LogP contribution < -0.4 is 21.5 Å². The molecule has 0 heterocycles. The Kier molecular flexibility index (Phi) is 6.74. The minimum Gasteiger partial charge on any atom is -0.352 e. The Hall–Kier alpha value is -2.86. The third-order valence-corrected chi connectivity index (χ3v) is 3.69. The van der Waals surface area contributed by atoms with Gasteiger partial charge in [-0.25, -0.2) is 5.84 Å². The summed E-state index contributed by atoms with van der Waals surface area (Å²) >= 11 is 0. The summed E-state index contributed by atoms with van der Waals surface area (Å²) in [5.74, 6) is 5.89. The molecule has 0 aliphatic heterocycles. The maximum Gasteiger partial charge on any atom is 0.253 e. The molecule has 0 bridgehead atoms. The van der Waals surface area contributed by atoms with Gasteiger partial charge in [0.2, 0.25) is 0 Å². The molecule has 26 heavy (non-hydrogen) atoms. The molecule has 4 N–H and O–H groups in total. The number of hydrazine groups is 1. The lowest BCUT2D eigenvalue weighted by Gasteiger charge is -2.22. The molecule has 0 unspecified atom stereocenters. The van der Waals surface area contributed by atoms with Crippen molar-refractivity contribution in [3.63, 3.8) is 0 Å². The smallest absolute Gasteiger partial charge is 0.253 e. The molecule has 2 aromatic carbocycles. The van der Waals surface area contributed by atoms with Gasteiger partial charge in [0.25, 0.3) is 11.8 Å². The molecular weight excluding hydrogens is 328 g/mol. The zero-order chi connectivity index (χ0) is 19.1. The standard InChI is InChI=1S/C20H25N4O2/c1-4-12-22-20(26)17-10-5-6-11-18(17)24(21)16-9-7-8-15(13-16)19(25)23-14(2)3/h6-11,13-14H,4,12,21H2,1-3H3,(H,22,26)(H,23,25). The average Bonchev–Trinajstić information content (AvgIpc) is 2.65. The Balaban J connectivity index is 2.31. The highest BCUT2D eigenvalue weighted by Crippen LogP contribution is 2.26. The molecule has 1 radical (unpaired) electrons. The van der Waals surface area contributed by atoms with E-state index >= 15 is 0 Å². The molecule has 0 aliphatic carbocycles. The van der Waals surface area contributed by atoms with Crippen LogP contribution in [0.2, 0.25) is 0 Å². The van der Waals surface area contributed by atoms with Gasteiger partial charge in [0.15, 0.2) is 0 Å². The Morgan fingerprint density at radius 3 is 2.69 bits per heavy atom. The third kappa shape index (κ3) is 4.83. The summed E-state index contributed by atoms with van der Waals surface area (Å²) in [4.78, 5) is 24.6. The van der Waals surface area contributed by atoms with E-state index in [4.69, 9.17) is 5.84 Å². The lowest BCUT2D eigenvalue weighted by atomic mass is 10.1. The summed E-state index contributed by atoms with van der Waals surface area (Å²) in [6.45, 7) is 6.38. The predicted molar refractivity (Wildman–Crippen MR) is 103 cm³/mol. The van der Waals surface area contributed by atoms with E-state index in [-0.39, 0.29) is 17.9 Å². The van der Waals surface area contributed by atoms with Gasteiger partial charge < -0.3 is 10.6 Å². The first-order valence-corrected chi connectivity index (χ1v) is 8.68. The number of nitrogens with one attached hydrogen (secondary N) is 2. The van der Waals surface area contributed by atoms with E-state index in [9.17, 15) is 9.59 Å². The largest absolute Gasteiger partial charge is 0.352 e. The second-order valence-corrected chi connectivity index (χ2v) is 6.25. The van der Waals surface area contributed by atoms with Crippen LogP contribution in [0.3, 0.4) is 0 Å². The Morgan fingerprint density at radius 2 is 2.00 bits per heavy atom. The molecular formula is C20H25N4O2. The van der Waals surface area contributed by atoms with Crippen LogP contribution in [0.1, 0.15) is 47.9 Å². The number of nitrogens with zero attached hydrogens (tertiary/aromatic N) is 1. The average molecular weight is 353 g/mol. The number of benzene rings is 2. The summed E-state index contributed by atoms with van der Waals surface area (Å²) in [7, 11) is 0. The van der Waals surface area contributed by atoms with Crippen molar-refractivity contribution >= 4 is 23.2 Å². The monoisotopic (exact) mass is 353 g/mol. The van der Waals surface area contributed by atoms with Crippen LogP contribution >= 0.6 is 0 Å². The topological polar surface area (TPSA) is 87.5 Å². The summed E-state index contributed by atoms with van der Waals surface area (Å²) in [6.07, 6.45) is 0.844. The van der Waals surface area contributed by atoms with Crippen molar-refractivity contribution in [3.8, 4) is 0 Å². The first kappa shape index (κ1) is 19.5. The fourth-order valence-electron chi connectivity index (χ4n) is 2.43. The first-order valence-electron chi connectivity index (χ1n) is 8.68. The third-order valence-electron chi connectivity index (χ3n) is 3.69. The van der Waals surface area contributed by atoms with Crippen molar-refractivity contribution < 1.29 is 9.59 Å². The number of hydrogen-bond acceptors (Lipinski definition) is 4. The summed E-state index contributed by atoms with van der Waals surface area (Å²) in [5.41, 5.74) is 2.09. The zero-order valence-corrected chi connectivity index (χ0v) is 15.4. The second kappa shape index (κ2) is 9.01. The molecule has 6 heteroatoms. The van der Waals surface area contributed by atoms with Gasteiger partial charge in [-0.1, -0.05) is 19.1 Å². The molecule has 0 aromatic heterocycles. The summed E-state index contributed by atoms with van der Waals surface area (Å²) in [6, 6.07) is 14.9. The fourth-order valence-corrected chi connectivity index (χ4v) is 2.43. The molecule has 0 atom stereocenters. The van der Waals surface area contributed by atoms with Gasteiger partial charge in [-0.15, -0.1) is 0 Å². The van der Waals surface area contributed by atoms with Gasteiger partial charge in [-0.2, -0.15) is 0 Å². The lowest BCUT2D eigenvalue weighted by Crippen LogP contribution is -2.32. The summed E-state index contributed by atoms with van der Waals surface area (Å²) in [5, 5.41) is 7.10. The Bertz CT molecular complexity index is 774. The number of carbonyl (C=O) groups excluding carboxylic acids is 2. The van der Waals surface area contributed by atoms with Crippen molar-refractivity contribution in [1.29, 1.82) is 0 Å². The van der Waals surface area contributed by atoms with Crippen LogP contribution in [-0.2, 0) is 0 Å². The number of carbonyl (C=O) groups is 2. The maximum atomic E-state index is 12.4. The number of amides is 2. The number of nitrogens with two attached hydrogens (primary N) is 1. The van der Waals surface area contributed by atoms with Gasteiger partial charge in [-0.05, 0) is 56.7 Å². The van der Waals surface area contributed by atoms with E-state index in [1.807, 2.05) is 20.8 Å². The van der Waals surface area contributed by atoms with E-state index in [1.165, 1.54) is 5.01 Å². The van der Waals surface area contributed by atoms with Crippen LogP contribution in [0.4, 0.5) is 11.4 Å². The van der Waals surface area contributed by atoms with Gasteiger partial charge >= 0.3 is 0 Å². The quantitative estimate of drug-likeness (QED) is 0.528. The van der Waals surface area contributed by atoms with Crippen LogP contribution in [0.5, 0.6) is 0 Å². The van der Waals surface area contributed by atoms with Gasteiger partial charge in [-0.3, -0.25) is 14.6 Å². The van der Waals surface area contributed by atoms with Crippen LogP contribution in [0.25, 0.3) is 0 Å². The molecule has 6 nitrogen and oxygen atoms in total. The van der Waals surface area contributed by atoms with Crippen molar-refractivity contribution in [3.05, 3.63) is 59.7 Å². The zero-order valence-electron chi connectivity index (χ0n) is 15.4. The highest BCUT2D eigenvalue weighted by Gasteiger charge is 2.16. The number of hydrogen-bond donors (Lipinski definition) is 3. The molecule has 2 amide bonds. The number of rotatable bonds is 7. The highest BCUT2D eigenvalue weighted by atomic mass is 16.2. The van der Waals surface area contributed by atoms with Gasteiger partial charge in [0.1, 0.15) is 0 Å². The minimum absolute atomic E-state index is 0.0404. The Labute approximate surface area is 154 Å². The lowest BCUT2D eigenvalue weighted by molar-refractivity contribution is 0.0938. The van der Waals surface area contributed by atoms with Crippen molar-refractivity contribution in [2.75, 3.05) is 11.6 Å². The minimum atomic E-state index is -0.206. The van der Waals surface area contributed by atoms with E-state index in [0.29, 0.717) is 29.0 Å². The van der Waals surface area contributed by atoms with Crippen molar-refractivity contribution in [1.82, 2.24) is 10.6 Å². The molecule has 0 saturated carbocycles. The molecule has 0 spiro atoms. The SMILES string of the molecule is CCCNC(=O)c1c[c]ccc1N(N)c1cccc(C(=O)NC(C)C)c1. The Morgan fingerprint density at radius 1 is 1.23 bits per heavy atom. The van der Waals surface area contributed by atoms with Crippen LogP contribution in [0.15, 0.2) is 42.5 Å². The summed E-state index contributed by atoms with van der Waals surface area (Å²) < 4.78 is 0. The second-order valence-electron chi connectivity index (χ2n) is 6.25. The van der Waals surface area contributed by atoms with Crippen molar-refractivity contribution in [2.45, 2.75) is 33.2 Å². The fraction of sp³-hybridized carbons (Fsp3) is 0.300. The predicted octanol–water partition coefficient (Wildman–Crippen LogP) is 2.78. The van der Waals surface area contributed by atoms with E-state index < -0.39 is 0 Å². The molecule has 2 rings (SSSR count). The first-order chi connectivity index (χ1) is 12.4. The van der Waals surface area contributed by atoms with E-state index in [0.717, 1.165) is 6.42 Å². The molecule has 137 valence electrons. The molecule has 0 aliphatic rings. The van der Waals surface area contributed by atoms with Gasteiger partial charge in [0, 0.05) is 18.2 Å². The van der Waals surface area contributed by atoms with Gasteiger partial charge in [0.05, 0.1) is 16.9 Å². The van der Waals surface area contributed by atoms with E-state index in [2.05, 4.69) is 16.7 Å². The molecule has 0 saturated heterocycles. The van der Waals surface area contributed by atoms with E-state index in [1.54, 1.807) is 42.5 Å². The molecule has 2 aromatic rings. The maximum absolute atomic E-state index is 12.4. The van der Waals surface area contributed by atoms with Crippen LogP contribution in [-0.4, -0.2) is 24.4 Å².